The first-order valence-corrected chi connectivity index (χ1v) is 7.15. The molecule has 0 spiro atoms. The molecule has 0 radical (unpaired) electrons. The topological polar surface area (TPSA) is 81.8 Å². The molecule has 0 fully saturated rings. The second kappa shape index (κ2) is 5.57. The van der Waals surface area contributed by atoms with Gasteiger partial charge in [-0.3, -0.25) is 0 Å². The Morgan fingerprint density at radius 1 is 1.05 bits per heavy atom. The molecule has 6 heteroatoms. The highest BCUT2D eigenvalue weighted by atomic mass is 32.2. The minimum Gasteiger partial charge on any atom is -0.486 e. The summed E-state index contributed by atoms with van der Waals surface area (Å²) >= 11 is 1.49. The molecule has 108 valence electrons. The molecule has 0 atom stereocenters. The number of carboxylic acids is 1. The molecule has 3 N–H and O–H groups in total. The summed E-state index contributed by atoms with van der Waals surface area (Å²) in [5.74, 6) is 0.441. The van der Waals surface area contributed by atoms with Gasteiger partial charge in [0.2, 0.25) is 0 Å². The van der Waals surface area contributed by atoms with Crippen LogP contribution in [-0.4, -0.2) is 24.3 Å². The summed E-state index contributed by atoms with van der Waals surface area (Å²) in [7, 11) is 0. The number of nitrogens with two attached hydrogens (primary N) is 1. The Bertz CT molecular complexity index is 702. The molecule has 0 saturated heterocycles. The number of carboxylic acid groups (broad SMARTS) is 1. The smallest absolute Gasteiger partial charge is 0.337 e. The maximum atomic E-state index is 10.9. The average molecular weight is 303 g/mol. The molecule has 1 heterocycles. The van der Waals surface area contributed by atoms with Crippen molar-refractivity contribution in [2.24, 2.45) is 0 Å². The zero-order valence-electron chi connectivity index (χ0n) is 11.0. The fourth-order valence-electron chi connectivity index (χ4n) is 2.02. The van der Waals surface area contributed by atoms with Crippen LogP contribution in [0.2, 0.25) is 0 Å². The molecule has 0 saturated carbocycles. The minimum atomic E-state index is -1.02. The monoisotopic (exact) mass is 303 g/mol. The standard InChI is InChI=1S/C15H13NO4S/c16-12-7-9(1-3-11(12)15(17)18)21-10-2-4-13-14(8-10)20-6-5-19-13/h1-4,7-8H,5-6,16H2,(H,17,18). The maximum absolute atomic E-state index is 10.9. The Morgan fingerprint density at radius 3 is 2.43 bits per heavy atom. The van der Waals surface area contributed by atoms with Crippen molar-refractivity contribution in [2.45, 2.75) is 9.79 Å². The summed E-state index contributed by atoms with van der Waals surface area (Å²) in [6.45, 7) is 1.11. The van der Waals surface area contributed by atoms with Crippen LogP contribution in [0.3, 0.4) is 0 Å². The first-order chi connectivity index (χ1) is 10.1. The lowest BCUT2D eigenvalue weighted by molar-refractivity contribution is 0.0698. The van der Waals surface area contributed by atoms with E-state index in [0.29, 0.717) is 13.2 Å². The van der Waals surface area contributed by atoms with E-state index in [2.05, 4.69) is 0 Å². The minimum absolute atomic E-state index is 0.113. The van der Waals surface area contributed by atoms with Crippen molar-refractivity contribution < 1.29 is 19.4 Å². The molecule has 0 amide bonds. The fourth-order valence-corrected chi connectivity index (χ4v) is 2.92. The molecule has 0 aromatic heterocycles. The Balaban J connectivity index is 1.83. The van der Waals surface area contributed by atoms with E-state index in [9.17, 15) is 4.79 Å². The zero-order valence-corrected chi connectivity index (χ0v) is 11.9. The summed E-state index contributed by atoms with van der Waals surface area (Å²) in [4.78, 5) is 12.8. The lowest BCUT2D eigenvalue weighted by Crippen LogP contribution is -2.15. The number of ether oxygens (including phenoxy) is 2. The zero-order chi connectivity index (χ0) is 14.8. The van der Waals surface area contributed by atoms with Gasteiger partial charge in [0.05, 0.1) is 5.56 Å². The molecule has 2 aromatic rings. The van der Waals surface area contributed by atoms with E-state index < -0.39 is 5.97 Å². The molecule has 3 rings (SSSR count). The van der Waals surface area contributed by atoms with E-state index in [1.165, 1.54) is 17.8 Å². The Morgan fingerprint density at radius 2 is 1.71 bits per heavy atom. The predicted molar refractivity (Wildman–Crippen MR) is 79.4 cm³/mol. The van der Waals surface area contributed by atoms with Gasteiger partial charge in [-0.1, -0.05) is 11.8 Å². The third-order valence-corrected chi connectivity index (χ3v) is 3.98. The molecule has 1 aliphatic rings. The third kappa shape index (κ3) is 2.90. The number of nitrogen functional groups attached to an aromatic ring is 1. The van der Waals surface area contributed by atoms with Crippen molar-refractivity contribution in [1.29, 1.82) is 0 Å². The first-order valence-electron chi connectivity index (χ1n) is 6.34. The van der Waals surface area contributed by atoms with E-state index in [0.717, 1.165) is 21.3 Å². The first kappa shape index (κ1) is 13.6. The molecule has 5 nitrogen and oxygen atoms in total. The van der Waals surface area contributed by atoms with E-state index in [1.807, 2.05) is 18.2 Å². The van der Waals surface area contributed by atoms with Crippen LogP contribution in [0, 0.1) is 0 Å². The van der Waals surface area contributed by atoms with Crippen molar-refractivity contribution in [2.75, 3.05) is 18.9 Å². The summed E-state index contributed by atoms with van der Waals surface area (Å²) in [5.41, 5.74) is 6.12. The second-order valence-electron chi connectivity index (χ2n) is 4.46. The highest BCUT2D eigenvalue weighted by Crippen LogP contribution is 2.37. The molecular weight excluding hydrogens is 290 g/mol. The predicted octanol–water partition coefficient (Wildman–Crippen LogP) is 2.89. The summed E-state index contributed by atoms with van der Waals surface area (Å²) < 4.78 is 11.0. The third-order valence-electron chi connectivity index (χ3n) is 3.00. The van der Waals surface area contributed by atoms with Crippen LogP contribution in [0.1, 0.15) is 10.4 Å². The molecule has 0 bridgehead atoms. The van der Waals surface area contributed by atoms with E-state index in [1.54, 1.807) is 12.1 Å². The molecule has 21 heavy (non-hydrogen) atoms. The molecular formula is C15H13NO4S. The van der Waals surface area contributed by atoms with Crippen molar-refractivity contribution >= 4 is 23.4 Å². The summed E-state index contributed by atoms with van der Waals surface area (Å²) in [5, 5.41) is 8.96. The van der Waals surface area contributed by atoms with Crippen LogP contribution in [0.4, 0.5) is 5.69 Å². The number of benzene rings is 2. The van der Waals surface area contributed by atoms with Crippen LogP contribution in [0.15, 0.2) is 46.2 Å². The van der Waals surface area contributed by atoms with E-state index in [-0.39, 0.29) is 11.3 Å². The van der Waals surface area contributed by atoms with Crippen LogP contribution in [0.25, 0.3) is 0 Å². The normalized spacial score (nSPS) is 13.0. The maximum Gasteiger partial charge on any atom is 0.337 e. The highest BCUT2D eigenvalue weighted by molar-refractivity contribution is 7.99. The van der Waals surface area contributed by atoms with Crippen LogP contribution >= 0.6 is 11.8 Å². The summed E-state index contributed by atoms with van der Waals surface area (Å²) in [6, 6.07) is 10.6. The number of anilines is 1. The quantitative estimate of drug-likeness (QED) is 0.849. The lowest BCUT2D eigenvalue weighted by atomic mass is 10.2. The Labute approximate surface area is 125 Å². The highest BCUT2D eigenvalue weighted by Gasteiger charge is 2.13. The number of hydrogen-bond donors (Lipinski definition) is 2. The molecule has 0 aliphatic carbocycles. The number of fused-ring (bicyclic) bond motifs is 1. The van der Waals surface area contributed by atoms with Gasteiger partial charge < -0.3 is 20.3 Å². The van der Waals surface area contributed by atoms with Gasteiger partial charge in [-0.15, -0.1) is 0 Å². The van der Waals surface area contributed by atoms with Gasteiger partial charge in [-0.25, -0.2) is 4.79 Å². The summed E-state index contributed by atoms with van der Waals surface area (Å²) in [6.07, 6.45) is 0. The van der Waals surface area contributed by atoms with Crippen molar-refractivity contribution in [3.05, 3.63) is 42.0 Å². The number of aromatic carboxylic acids is 1. The van der Waals surface area contributed by atoms with Gasteiger partial charge in [0, 0.05) is 15.5 Å². The molecule has 2 aromatic carbocycles. The SMILES string of the molecule is Nc1cc(Sc2ccc3c(c2)OCCO3)ccc1C(=O)O. The number of rotatable bonds is 3. The Hall–Kier alpha value is -2.34. The second-order valence-corrected chi connectivity index (χ2v) is 5.61. The van der Waals surface area contributed by atoms with Gasteiger partial charge in [0.1, 0.15) is 13.2 Å². The molecule has 1 aliphatic heterocycles. The number of carbonyl (C=O) groups is 1. The number of hydrogen-bond acceptors (Lipinski definition) is 5. The van der Waals surface area contributed by atoms with E-state index >= 15 is 0 Å². The molecule has 0 unspecified atom stereocenters. The van der Waals surface area contributed by atoms with Gasteiger partial charge in [-0.05, 0) is 36.4 Å². The van der Waals surface area contributed by atoms with Crippen molar-refractivity contribution in [1.82, 2.24) is 0 Å². The van der Waals surface area contributed by atoms with E-state index in [4.69, 9.17) is 20.3 Å². The van der Waals surface area contributed by atoms with Crippen molar-refractivity contribution in [3.63, 3.8) is 0 Å². The van der Waals surface area contributed by atoms with Gasteiger partial charge in [0.15, 0.2) is 11.5 Å². The lowest BCUT2D eigenvalue weighted by Gasteiger charge is -2.18. The van der Waals surface area contributed by atoms with Gasteiger partial charge in [0.25, 0.3) is 0 Å². The van der Waals surface area contributed by atoms with Gasteiger partial charge >= 0.3 is 5.97 Å². The largest absolute Gasteiger partial charge is 0.486 e. The van der Waals surface area contributed by atoms with Gasteiger partial charge in [-0.2, -0.15) is 0 Å². The fraction of sp³-hybridized carbons (Fsp3) is 0.133. The van der Waals surface area contributed by atoms with Crippen LogP contribution < -0.4 is 15.2 Å². The van der Waals surface area contributed by atoms with Crippen molar-refractivity contribution in [3.8, 4) is 11.5 Å². The average Bonchev–Trinajstić information content (AvgIpc) is 2.47. The Kier molecular flexibility index (Phi) is 3.62. The van der Waals surface area contributed by atoms with Crippen LogP contribution in [0.5, 0.6) is 11.5 Å². The van der Waals surface area contributed by atoms with Crippen LogP contribution in [-0.2, 0) is 0 Å².